The molecule has 1 aromatic carbocycles. The molecule has 0 aliphatic carbocycles. The first kappa shape index (κ1) is 17.1. The van der Waals surface area contributed by atoms with Gasteiger partial charge in [0, 0.05) is 12.4 Å². The molecule has 4 nitrogen and oxygen atoms in total. The van der Waals surface area contributed by atoms with Crippen LogP contribution in [-0.2, 0) is 21.5 Å². The SMILES string of the molecule is Cc1cccc(COCCCS(=O)(=O)[O-])c1.[Na+]. The van der Waals surface area contributed by atoms with Crippen molar-refractivity contribution in [3.8, 4) is 0 Å². The summed E-state index contributed by atoms with van der Waals surface area (Å²) in [6.07, 6.45) is 0.248. The first-order valence-electron chi connectivity index (χ1n) is 5.04. The summed E-state index contributed by atoms with van der Waals surface area (Å²) in [6, 6.07) is 7.88. The first-order valence-corrected chi connectivity index (χ1v) is 6.62. The fourth-order valence-corrected chi connectivity index (χ4v) is 1.80. The van der Waals surface area contributed by atoms with Gasteiger partial charge < -0.3 is 9.29 Å². The average molecular weight is 266 g/mol. The van der Waals surface area contributed by atoms with Crippen LogP contribution in [0.5, 0.6) is 0 Å². The van der Waals surface area contributed by atoms with E-state index in [9.17, 15) is 13.0 Å². The number of rotatable bonds is 6. The summed E-state index contributed by atoms with van der Waals surface area (Å²) in [4.78, 5) is 0. The molecule has 90 valence electrons. The Labute approximate surface area is 124 Å². The predicted octanol–water partition coefficient (Wildman–Crippen LogP) is -1.55. The Bertz CT molecular complexity index is 431. The summed E-state index contributed by atoms with van der Waals surface area (Å²) in [5.74, 6) is -0.360. The van der Waals surface area contributed by atoms with Gasteiger partial charge in [0.1, 0.15) is 0 Å². The van der Waals surface area contributed by atoms with E-state index in [4.69, 9.17) is 4.74 Å². The number of ether oxygens (including phenoxy) is 1. The Hall–Kier alpha value is 0.0900. The molecule has 0 unspecified atom stereocenters. The standard InChI is InChI=1S/C11H16O4S.Na/c1-10-4-2-5-11(8-10)9-15-6-3-7-16(12,13)14;/h2,4-5,8H,3,6-7,9H2,1H3,(H,12,13,14);/q;+1/p-1. The minimum absolute atomic E-state index is 0. The van der Waals surface area contributed by atoms with E-state index in [-0.39, 0.29) is 48.3 Å². The number of aryl methyl sites for hydroxylation is 1. The maximum absolute atomic E-state index is 10.3. The van der Waals surface area contributed by atoms with E-state index in [0.29, 0.717) is 6.61 Å². The molecule has 0 saturated heterocycles. The summed E-state index contributed by atoms with van der Waals surface area (Å²) >= 11 is 0. The molecule has 0 saturated carbocycles. The third-order valence-corrected chi connectivity index (χ3v) is 2.82. The van der Waals surface area contributed by atoms with Crippen molar-refractivity contribution >= 4 is 10.1 Å². The van der Waals surface area contributed by atoms with Crippen LogP contribution < -0.4 is 29.6 Å². The molecule has 0 spiro atoms. The maximum atomic E-state index is 10.3. The summed E-state index contributed by atoms with van der Waals surface area (Å²) in [5, 5.41) is 0. The van der Waals surface area contributed by atoms with E-state index in [1.807, 2.05) is 31.2 Å². The van der Waals surface area contributed by atoms with Crippen molar-refractivity contribution < 1.29 is 47.3 Å². The second kappa shape index (κ2) is 8.24. The smallest absolute Gasteiger partial charge is 0.748 e. The number of hydrogen-bond acceptors (Lipinski definition) is 4. The Morgan fingerprint density at radius 2 is 2.06 bits per heavy atom. The van der Waals surface area contributed by atoms with Crippen LogP contribution in [0, 0.1) is 6.92 Å². The fourth-order valence-electron chi connectivity index (χ4n) is 1.33. The molecule has 0 N–H and O–H groups in total. The zero-order valence-corrected chi connectivity index (χ0v) is 13.0. The Morgan fingerprint density at radius 1 is 1.35 bits per heavy atom. The summed E-state index contributed by atoms with van der Waals surface area (Å²) in [7, 11) is -4.11. The van der Waals surface area contributed by atoms with Gasteiger partial charge in [-0.15, -0.1) is 0 Å². The molecular formula is C11H15NaO4S. The summed E-state index contributed by atoms with van der Waals surface area (Å²) in [6.45, 7) is 2.73. The quantitative estimate of drug-likeness (QED) is 0.355. The maximum Gasteiger partial charge on any atom is 1.00 e. The van der Waals surface area contributed by atoms with Crippen LogP contribution in [0.2, 0.25) is 0 Å². The molecule has 0 radical (unpaired) electrons. The van der Waals surface area contributed by atoms with Crippen LogP contribution >= 0.6 is 0 Å². The van der Waals surface area contributed by atoms with E-state index in [2.05, 4.69) is 0 Å². The van der Waals surface area contributed by atoms with Crippen molar-refractivity contribution in [3.05, 3.63) is 35.4 Å². The van der Waals surface area contributed by atoms with Crippen molar-refractivity contribution in [1.82, 2.24) is 0 Å². The molecule has 0 aliphatic rings. The van der Waals surface area contributed by atoms with E-state index >= 15 is 0 Å². The molecule has 0 amide bonds. The molecular weight excluding hydrogens is 251 g/mol. The number of benzene rings is 1. The van der Waals surface area contributed by atoms with E-state index < -0.39 is 10.1 Å². The van der Waals surface area contributed by atoms with E-state index in [1.165, 1.54) is 0 Å². The Balaban J connectivity index is 0.00000256. The van der Waals surface area contributed by atoms with Gasteiger partial charge in [0.15, 0.2) is 0 Å². The Morgan fingerprint density at radius 3 is 2.65 bits per heavy atom. The fraction of sp³-hybridized carbons (Fsp3) is 0.455. The van der Waals surface area contributed by atoms with Crippen LogP contribution in [0.4, 0.5) is 0 Å². The third kappa shape index (κ3) is 8.77. The molecule has 1 rings (SSSR count). The van der Waals surface area contributed by atoms with Gasteiger partial charge in [-0.05, 0) is 18.9 Å². The van der Waals surface area contributed by atoms with Crippen LogP contribution in [0.1, 0.15) is 17.5 Å². The minimum Gasteiger partial charge on any atom is -0.748 e. The van der Waals surface area contributed by atoms with Gasteiger partial charge in [0.05, 0.1) is 16.7 Å². The van der Waals surface area contributed by atoms with Crippen LogP contribution in [0.15, 0.2) is 24.3 Å². The minimum atomic E-state index is -4.11. The first-order chi connectivity index (χ1) is 7.47. The van der Waals surface area contributed by atoms with Gasteiger partial charge in [-0.3, -0.25) is 0 Å². The molecule has 0 aliphatic heterocycles. The zero-order chi connectivity index (χ0) is 12.0. The molecule has 0 fully saturated rings. The molecule has 0 atom stereocenters. The molecule has 6 heteroatoms. The second-order valence-electron chi connectivity index (χ2n) is 3.66. The van der Waals surface area contributed by atoms with E-state index in [0.717, 1.165) is 11.1 Å². The van der Waals surface area contributed by atoms with Crippen molar-refractivity contribution in [1.29, 1.82) is 0 Å². The summed E-state index contributed by atoms with van der Waals surface area (Å²) < 4.78 is 36.2. The average Bonchev–Trinajstić information content (AvgIpc) is 2.15. The third-order valence-electron chi connectivity index (χ3n) is 2.03. The van der Waals surface area contributed by atoms with Crippen LogP contribution in [-0.4, -0.2) is 25.3 Å². The van der Waals surface area contributed by atoms with Gasteiger partial charge in [-0.25, -0.2) is 8.42 Å². The van der Waals surface area contributed by atoms with Crippen molar-refractivity contribution in [2.45, 2.75) is 20.0 Å². The van der Waals surface area contributed by atoms with Crippen molar-refractivity contribution in [2.24, 2.45) is 0 Å². The monoisotopic (exact) mass is 266 g/mol. The molecule has 0 heterocycles. The van der Waals surface area contributed by atoms with E-state index in [1.54, 1.807) is 0 Å². The molecule has 1 aromatic rings. The predicted molar refractivity (Wildman–Crippen MR) is 60.0 cm³/mol. The largest absolute Gasteiger partial charge is 1.00 e. The van der Waals surface area contributed by atoms with Gasteiger partial charge >= 0.3 is 29.6 Å². The van der Waals surface area contributed by atoms with Gasteiger partial charge in [0.25, 0.3) is 0 Å². The Kier molecular flexibility index (Phi) is 8.28. The van der Waals surface area contributed by atoms with Gasteiger partial charge in [-0.1, -0.05) is 29.8 Å². The van der Waals surface area contributed by atoms with Gasteiger partial charge in [-0.2, -0.15) is 0 Å². The van der Waals surface area contributed by atoms with Crippen molar-refractivity contribution in [3.63, 3.8) is 0 Å². The molecule has 17 heavy (non-hydrogen) atoms. The van der Waals surface area contributed by atoms with Crippen molar-refractivity contribution in [2.75, 3.05) is 12.4 Å². The number of hydrogen-bond donors (Lipinski definition) is 0. The van der Waals surface area contributed by atoms with Crippen LogP contribution in [0.25, 0.3) is 0 Å². The molecule has 0 bridgehead atoms. The molecule has 0 aromatic heterocycles. The topological polar surface area (TPSA) is 66.4 Å². The zero-order valence-electron chi connectivity index (χ0n) is 10.2. The van der Waals surface area contributed by atoms with Crippen LogP contribution in [0.3, 0.4) is 0 Å². The normalized spacial score (nSPS) is 10.9. The summed E-state index contributed by atoms with van der Waals surface area (Å²) in [5.41, 5.74) is 2.20. The second-order valence-corrected chi connectivity index (χ2v) is 5.18. The van der Waals surface area contributed by atoms with Gasteiger partial charge in [0.2, 0.25) is 0 Å².